The summed E-state index contributed by atoms with van der Waals surface area (Å²) in [7, 11) is 1.33. The van der Waals surface area contributed by atoms with Crippen molar-refractivity contribution >= 4 is 17.4 Å². The Balaban J connectivity index is 1.81. The van der Waals surface area contributed by atoms with Crippen LogP contribution in [0.2, 0.25) is 0 Å². The molecule has 3 aromatic rings. The third-order valence-corrected chi connectivity index (χ3v) is 5.54. The molecule has 1 saturated heterocycles. The lowest BCUT2D eigenvalue weighted by Gasteiger charge is -2.24. The molecule has 0 aliphatic carbocycles. The SMILES string of the molecule is CCCOc1ccc([C@@H]2C(=C(O)c3ccc(OC)c(F)c3)C(=O)C(=O)N2Cc2ccco2)cc1. The Morgan fingerprint density at radius 3 is 2.53 bits per heavy atom. The number of carbonyl (C=O) groups excluding carboxylic acids is 2. The first-order valence-corrected chi connectivity index (χ1v) is 10.8. The number of methoxy groups -OCH3 is 1. The van der Waals surface area contributed by atoms with E-state index in [-0.39, 0.29) is 23.4 Å². The fourth-order valence-corrected chi connectivity index (χ4v) is 3.90. The van der Waals surface area contributed by atoms with Gasteiger partial charge in [-0.2, -0.15) is 0 Å². The normalized spacial score (nSPS) is 17.3. The van der Waals surface area contributed by atoms with Gasteiger partial charge in [-0.15, -0.1) is 0 Å². The predicted octanol–water partition coefficient (Wildman–Crippen LogP) is 4.84. The third kappa shape index (κ3) is 4.39. The Morgan fingerprint density at radius 2 is 1.91 bits per heavy atom. The topological polar surface area (TPSA) is 89.2 Å². The van der Waals surface area contributed by atoms with E-state index in [1.807, 2.05) is 6.92 Å². The molecule has 0 bridgehead atoms. The molecular formula is C26H24FNO6. The molecule has 1 aliphatic heterocycles. The monoisotopic (exact) mass is 465 g/mol. The van der Waals surface area contributed by atoms with Gasteiger partial charge in [0.25, 0.3) is 11.7 Å². The number of ether oxygens (including phenoxy) is 2. The molecule has 7 nitrogen and oxygen atoms in total. The molecule has 1 fully saturated rings. The Kier molecular flexibility index (Phi) is 6.67. The molecule has 0 unspecified atom stereocenters. The van der Waals surface area contributed by atoms with E-state index in [0.717, 1.165) is 12.5 Å². The molecule has 8 heteroatoms. The van der Waals surface area contributed by atoms with Crippen LogP contribution in [0, 0.1) is 5.82 Å². The van der Waals surface area contributed by atoms with E-state index in [0.29, 0.717) is 23.7 Å². The number of nitrogens with zero attached hydrogens (tertiary/aromatic N) is 1. The molecule has 176 valence electrons. The second-order valence-electron chi connectivity index (χ2n) is 7.77. The Bertz CT molecular complexity index is 1220. The van der Waals surface area contributed by atoms with Crippen LogP contribution in [0.4, 0.5) is 4.39 Å². The molecule has 1 aromatic heterocycles. The number of benzene rings is 2. The zero-order valence-corrected chi connectivity index (χ0v) is 18.8. The number of amides is 1. The number of rotatable bonds is 8. The minimum absolute atomic E-state index is 0.00552. The Morgan fingerprint density at radius 1 is 1.15 bits per heavy atom. The summed E-state index contributed by atoms with van der Waals surface area (Å²) in [6, 6.07) is 13.3. The Hall–Kier alpha value is -4.07. The number of furan rings is 1. The van der Waals surface area contributed by atoms with Crippen LogP contribution in [0.25, 0.3) is 5.76 Å². The van der Waals surface area contributed by atoms with E-state index in [2.05, 4.69) is 0 Å². The maximum absolute atomic E-state index is 14.3. The lowest BCUT2D eigenvalue weighted by molar-refractivity contribution is -0.140. The number of carbonyl (C=O) groups is 2. The summed E-state index contributed by atoms with van der Waals surface area (Å²) in [4.78, 5) is 27.4. The van der Waals surface area contributed by atoms with Crippen molar-refractivity contribution in [3.8, 4) is 11.5 Å². The van der Waals surface area contributed by atoms with Crippen molar-refractivity contribution in [2.75, 3.05) is 13.7 Å². The fourth-order valence-electron chi connectivity index (χ4n) is 3.90. The summed E-state index contributed by atoms with van der Waals surface area (Å²) in [5.41, 5.74) is 0.510. The molecule has 1 amide bonds. The Labute approximate surface area is 196 Å². The van der Waals surface area contributed by atoms with Crippen molar-refractivity contribution in [2.45, 2.75) is 25.9 Å². The molecule has 1 atom stereocenters. The second-order valence-corrected chi connectivity index (χ2v) is 7.77. The van der Waals surface area contributed by atoms with Crippen molar-refractivity contribution < 1.29 is 33.0 Å². The van der Waals surface area contributed by atoms with E-state index in [1.54, 1.807) is 36.4 Å². The summed E-state index contributed by atoms with van der Waals surface area (Å²) in [6.45, 7) is 2.57. The van der Waals surface area contributed by atoms with E-state index in [1.165, 1.54) is 30.4 Å². The number of aliphatic hydroxyl groups excluding tert-OH is 1. The average Bonchev–Trinajstić information content (AvgIpc) is 3.45. The molecule has 4 rings (SSSR count). The van der Waals surface area contributed by atoms with Crippen LogP contribution >= 0.6 is 0 Å². The van der Waals surface area contributed by atoms with E-state index < -0.39 is 29.3 Å². The van der Waals surface area contributed by atoms with Crippen LogP contribution in [0.1, 0.15) is 36.3 Å². The van der Waals surface area contributed by atoms with Crippen molar-refractivity contribution in [1.82, 2.24) is 4.90 Å². The summed E-state index contributed by atoms with van der Waals surface area (Å²) in [5, 5.41) is 11.1. The highest BCUT2D eigenvalue weighted by Gasteiger charge is 2.46. The maximum Gasteiger partial charge on any atom is 0.296 e. The standard InChI is InChI=1S/C26H24FNO6/c1-3-12-33-18-9-6-16(7-10-18)23-22(24(29)17-8-11-21(32-2)20(27)14-17)25(30)26(31)28(23)15-19-5-4-13-34-19/h4-11,13-14,23,29H,3,12,15H2,1-2H3/t23-/m1/s1. The molecule has 2 aromatic carbocycles. The van der Waals surface area contributed by atoms with E-state index in [4.69, 9.17) is 13.9 Å². The third-order valence-electron chi connectivity index (χ3n) is 5.54. The van der Waals surface area contributed by atoms with E-state index >= 15 is 0 Å². The number of halogens is 1. The van der Waals surface area contributed by atoms with Gasteiger partial charge < -0.3 is 23.9 Å². The second kappa shape index (κ2) is 9.82. The first-order valence-electron chi connectivity index (χ1n) is 10.8. The minimum Gasteiger partial charge on any atom is -0.507 e. The highest BCUT2D eigenvalue weighted by molar-refractivity contribution is 6.46. The number of Topliss-reactive ketones (excluding diaryl/α,β-unsaturated/α-hetero) is 1. The molecule has 2 heterocycles. The number of ketones is 1. The van der Waals surface area contributed by atoms with Gasteiger partial charge in [0.05, 0.1) is 38.1 Å². The van der Waals surface area contributed by atoms with Gasteiger partial charge >= 0.3 is 0 Å². The zero-order chi connectivity index (χ0) is 24.2. The molecule has 0 spiro atoms. The van der Waals surface area contributed by atoms with Gasteiger partial charge in [-0.05, 0) is 54.4 Å². The smallest absolute Gasteiger partial charge is 0.296 e. The van der Waals surface area contributed by atoms with Crippen LogP contribution in [0.5, 0.6) is 11.5 Å². The molecule has 0 saturated carbocycles. The fraction of sp³-hybridized carbons (Fsp3) is 0.231. The average molecular weight is 465 g/mol. The van der Waals surface area contributed by atoms with Gasteiger partial charge in [0.15, 0.2) is 11.6 Å². The van der Waals surface area contributed by atoms with Gasteiger partial charge in [-0.25, -0.2) is 4.39 Å². The van der Waals surface area contributed by atoms with Gasteiger partial charge in [-0.3, -0.25) is 9.59 Å². The summed E-state index contributed by atoms with van der Waals surface area (Å²) >= 11 is 0. The number of hydrogen-bond donors (Lipinski definition) is 1. The molecule has 0 radical (unpaired) electrons. The van der Waals surface area contributed by atoms with Crippen molar-refractivity contribution in [1.29, 1.82) is 0 Å². The molecule has 1 N–H and O–H groups in total. The largest absolute Gasteiger partial charge is 0.507 e. The van der Waals surface area contributed by atoms with Crippen LogP contribution in [-0.4, -0.2) is 35.4 Å². The highest BCUT2D eigenvalue weighted by Crippen LogP contribution is 2.41. The first kappa shape index (κ1) is 23.1. The van der Waals surface area contributed by atoms with Crippen molar-refractivity contribution in [3.05, 3.63) is 89.1 Å². The van der Waals surface area contributed by atoms with Gasteiger partial charge in [0.2, 0.25) is 0 Å². The van der Waals surface area contributed by atoms with Gasteiger partial charge in [0, 0.05) is 5.56 Å². The molecular weight excluding hydrogens is 441 g/mol. The number of hydrogen-bond acceptors (Lipinski definition) is 6. The lowest BCUT2D eigenvalue weighted by Crippen LogP contribution is -2.29. The predicted molar refractivity (Wildman–Crippen MR) is 122 cm³/mol. The van der Waals surface area contributed by atoms with Gasteiger partial charge in [-0.1, -0.05) is 19.1 Å². The van der Waals surface area contributed by atoms with Crippen molar-refractivity contribution in [2.24, 2.45) is 0 Å². The van der Waals surface area contributed by atoms with Crippen molar-refractivity contribution in [3.63, 3.8) is 0 Å². The zero-order valence-electron chi connectivity index (χ0n) is 18.8. The summed E-state index contributed by atoms with van der Waals surface area (Å²) in [5.74, 6) is -1.71. The number of aliphatic hydroxyl groups is 1. The van der Waals surface area contributed by atoms with Crippen LogP contribution in [-0.2, 0) is 16.1 Å². The van der Waals surface area contributed by atoms with Crippen LogP contribution in [0.3, 0.4) is 0 Å². The van der Waals surface area contributed by atoms with Crippen LogP contribution in [0.15, 0.2) is 70.9 Å². The maximum atomic E-state index is 14.3. The quantitative estimate of drug-likeness (QED) is 0.291. The van der Waals surface area contributed by atoms with Gasteiger partial charge in [0.1, 0.15) is 17.3 Å². The highest BCUT2D eigenvalue weighted by atomic mass is 19.1. The molecule has 1 aliphatic rings. The lowest BCUT2D eigenvalue weighted by atomic mass is 9.95. The van der Waals surface area contributed by atoms with Crippen LogP contribution < -0.4 is 9.47 Å². The molecule has 34 heavy (non-hydrogen) atoms. The summed E-state index contributed by atoms with van der Waals surface area (Å²) < 4.78 is 30.3. The number of likely N-dealkylation sites (tertiary alicyclic amines) is 1. The van der Waals surface area contributed by atoms with E-state index in [9.17, 15) is 19.1 Å². The minimum atomic E-state index is -0.907. The summed E-state index contributed by atoms with van der Waals surface area (Å²) in [6.07, 6.45) is 2.32. The first-order chi connectivity index (χ1) is 16.4.